The maximum Gasteiger partial charge on any atom is 0.255 e. The number of nitrogens with zero attached hydrogens (tertiary/aromatic N) is 2. The van der Waals surface area contributed by atoms with Crippen LogP contribution in [0.5, 0.6) is 0 Å². The molecule has 0 aliphatic carbocycles. The first kappa shape index (κ1) is 26.0. The van der Waals surface area contributed by atoms with E-state index in [9.17, 15) is 18.0 Å². The normalized spacial score (nSPS) is 13.5. The third kappa shape index (κ3) is 5.83. The summed E-state index contributed by atoms with van der Waals surface area (Å²) in [7, 11) is -3.67. The molecule has 0 unspecified atom stereocenters. The second-order valence-electron chi connectivity index (χ2n) is 8.54. The molecule has 1 aliphatic heterocycles. The fourth-order valence-electron chi connectivity index (χ4n) is 4.06. The quantitative estimate of drug-likeness (QED) is 0.427. The Morgan fingerprint density at radius 3 is 2.28 bits per heavy atom. The summed E-state index contributed by atoms with van der Waals surface area (Å²) in [6.07, 6.45) is 3.05. The number of para-hydroxylation sites is 1. The van der Waals surface area contributed by atoms with Gasteiger partial charge in [0.15, 0.2) is 0 Å². The Kier molecular flexibility index (Phi) is 7.88. The van der Waals surface area contributed by atoms with Gasteiger partial charge in [-0.2, -0.15) is 0 Å². The summed E-state index contributed by atoms with van der Waals surface area (Å²) >= 11 is 12.3. The molecular formula is C26H25Cl2N3O4S. The fourth-order valence-corrected chi connectivity index (χ4v) is 5.40. The first-order valence-electron chi connectivity index (χ1n) is 11.4. The van der Waals surface area contributed by atoms with Gasteiger partial charge in [0.2, 0.25) is 10.0 Å². The maximum atomic E-state index is 12.9. The predicted octanol–water partition coefficient (Wildman–Crippen LogP) is 5.45. The first-order valence-corrected chi connectivity index (χ1v) is 14.0. The number of halogens is 2. The fraction of sp³-hybridized carbons (Fsp3) is 0.231. The Hall–Kier alpha value is -3.07. The molecule has 2 amide bonds. The molecule has 188 valence electrons. The van der Waals surface area contributed by atoms with Crippen LogP contribution in [0.1, 0.15) is 39.1 Å². The van der Waals surface area contributed by atoms with E-state index in [1.165, 1.54) is 0 Å². The lowest BCUT2D eigenvalue weighted by Gasteiger charge is -2.24. The molecule has 4 rings (SSSR count). The molecule has 1 N–H and O–H groups in total. The van der Waals surface area contributed by atoms with Gasteiger partial charge in [-0.1, -0.05) is 53.5 Å². The highest BCUT2D eigenvalue weighted by Crippen LogP contribution is 2.34. The minimum Gasteiger partial charge on any atom is -0.339 e. The zero-order valence-corrected chi connectivity index (χ0v) is 21.9. The topological polar surface area (TPSA) is 86.8 Å². The molecule has 0 spiro atoms. The van der Waals surface area contributed by atoms with Gasteiger partial charge in [-0.05, 0) is 54.8 Å². The minimum atomic E-state index is -3.67. The van der Waals surface area contributed by atoms with Crippen LogP contribution >= 0.6 is 23.2 Å². The van der Waals surface area contributed by atoms with Crippen molar-refractivity contribution in [1.29, 1.82) is 0 Å². The molecule has 0 bridgehead atoms. The van der Waals surface area contributed by atoms with Crippen molar-refractivity contribution in [3.8, 4) is 0 Å². The number of rotatable bonds is 7. The summed E-state index contributed by atoms with van der Waals surface area (Å²) in [5.74, 6) is -0.472. The molecule has 0 atom stereocenters. The van der Waals surface area contributed by atoms with Gasteiger partial charge in [0, 0.05) is 18.7 Å². The van der Waals surface area contributed by atoms with Crippen LogP contribution in [0.2, 0.25) is 10.0 Å². The highest BCUT2D eigenvalue weighted by atomic mass is 35.5. The smallest absolute Gasteiger partial charge is 0.255 e. The third-order valence-corrected chi connectivity index (χ3v) is 7.88. The average Bonchev–Trinajstić information content (AvgIpc) is 3.39. The van der Waals surface area contributed by atoms with E-state index in [4.69, 9.17) is 23.2 Å². The largest absolute Gasteiger partial charge is 0.339 e. The monoisotopic (exact) mass is 545 g/mol. The lowest BCUT2D eigenvalue weighted by atomic mass is 10.1. The molecule has 0 aromatic heterocycles. The van der Waals surface area contributed by atoms with Crippen molar-refractivity contribution in [2.75, 3.05) is 29.0 Å². The summed E-state index contributed by atoms with van der Waals surface area (Å²) in [5, 5.41) is 3.22. The molecule has 36 heavy (non-hydrogen) atoms. The van der Waals surface area contributed by atoms with Crippen LogP contribution in [0, 0.1) is 0 Å². The molecule has 7 nitrogen and oxygen atoms in total. The second-order valence-corrected chi connectivity index (χ2v) is 11.2. The summed E-state index contributed by atoms with van der Waals surface area (Å²) in [6.45, 7) is 1.44. The summed E-state index contributed by atoms with van der Waals surface area (Å²) < 4.78 is 26.1. The van der Waals surface area contributed by atoms with Gasteiger partial charge in [0.1, 0.15) is 0 Å². The van der Waals surface area contributed by atoms with Gasteiger partial charge in [-0.15, -0.1) is 0 Å². The van der Waals surface area contributed by atoms with Crippen molar-refractivity contribution in [1.82, 2.24) is 4.90 Å². The van der Waals surface area contributed by atoms with Gasteiger partial charge < -0.3 is 10.2 Å². The highest BCUT2D eigenvalue weighted by molar-refractivity contribution is 7.92. The van der Waals surface area contributed by atoms with Crippen molar-refractivity contribution >= 4 is 56.4 Å². The van der Waals surface area contributed by atoms with Crippen LogP contribution in [-0.2, 0) is 16.6 Å². The lowest BCUT2D eigenvalue weighted by Crippen LogP contribution is -2.29. The van der Waals surface area contributed by atoms with E-state index < -0.39 is 10.0 Å². The Morgan fingerprint density at radius 2 is 1.61 bits per heavy atom. The number of carbonyl (C=O) groups excluding carboxylic acids is 2. The van der Waals surface area contributed by atoms with Crippen molar-refractivity contribution in [3.05, 3.63) is 93.5 Å². The molecule has 1 fully saturated rings. The van der Waals surface area contributed by atoms with Gasteiger partial charge in [0.25, 0.3) is 11.8 Å². The van der Waals surface area contributed by atoms with E-state index in [1.54, 1.807) is 71.6 Å². The van der Waals surface area contributed by atoms with Crippen LogP contribution in [0.15, 0.2) is 66.7 Å². The van der Waals surface area contributed by atoms with Crippen molar-refractivity contribution in [2.24, 2.45) is 0 Å². The molecule has 3 aromatic rings. The number of amides is 2. The number of carbonyl (C=O) groups is 2. The number of likely N-dealkylation sites (tertiary alicyclic amines) is 1. The zero-order valence-electron chi connectivity index (χ0n) is 19.6. The van der Waals surface area contributed by atoms with Crippen molar-refractivity contribution in [2.45, 2.75) is 19.4 Å². The number of benzene rings is 3. The van der Waals surface area contributed by atoms with Crippen LogP contribution in [0.3, 0.4) is 0 Å². The van der Waals surface area contributed by atoms with Crippen LogP contribution in [0.25, 0.3) is 0 Å². The predicted molar refractivity (Wildman–Crippen MR) is 143 cm³/mol. The van der Waals surface area contributed by atoms with Crippen LogP contribution < -0.4 is 9.62 Å². The highest BCUT2D eigenvalue weighted by Gasteiger charge is 2.23. The van der Waals surface area contributed by atoms with Crippen molar-refractivity contribution in [3.63, 3.8) is 0 Å². The summed E-state index contributed by atoms with van der Waals surface area (Å²) in [6, 6.07) is 18.3. The van der Waals surface area contributed by atoms with Crippen LogP contribution in [0.4, 0.5) is 11.4 Å². The summed E-state index contributed by atoms with van der Waals surface area (Å²) in [5.41, 5.74) is 2.19. The third-order valence-electron chi connectivity index (χ3n) is 5.94. The SMILES string of the molecule is CS(=O)(=O)N(Cc1ccc(C(=O)Nc2ccccc2C(=O)N2CCCC2)cc1)c1cccc(Cl)c1Cl. The number of sulfonamides is 1. The van der Waals surface area contributed by atoms with E-state index >= 15 is 0 Å². The molecule has 1 heterocycles. The number of anilines is 2. The first-order chi connectivity index (χ1) is 17.1. The number of nitrogens with one attached hydrogen (secondary N) is 1. The maximum absolute atomic E-state index is 12.9. The van der Waals surface area contributed by atoms with E-state index in [0.29, 0.717) is 35.5 Å². The van der Waals surface area contributed by atoms with E-state index in [1.807, 2.05) is 0 Å². The molecule has 0 saturated carbocycles. The average molecular weight is 546 g/mol. The van der Waals surface area contributed by atoms with Gasteiger partial charge in [-0.3, -0.25) is 13.9 Å². The van der Waals surface area contributed by atoms with Gasteiger partial charge in [0.05, 0.1) is 39.8 Å². The molecule has 1 aliphatic rings. The number of hydrogen-bond acceptors (Lipinski definition) is 4. The molecule has 10 heteroatoms. The Balaban J connectivity index is 1.51. The van der Waals surface area contributed by atoms with Crippen molar-refractivity contribution < 1.29 is 18.0 Å². The van der Waals surface area contributed by atoms with Crippen LogP contribution in [-0.4, -0.2) is 44.5 Å². The molecule has 0 radical (unpaired) electrons. The lowest BCUT2D eigenvalue weighted by molar-refractivity contribution is 0.0794. The Bertz CT molecular complexity index is 1390. The molecular weight excluding hydrogens is 521 g/mol. The molecule has 1 saturated heterocycles. The Labute approximate surface area is 220 Å². The van der Waals surface area contributed by atoms with E-state index in [2.05, 4.69) is 5.32 Å². The molecule has 3 aromatic carbocycles. The summed E-state index contributed by atoms with van der Waals surface area (Å²) in [4.78, 5) is 27.6. The number of hydrogen-bond donors (Lipinski definition) is 1. The second kappa shape index (κ2) is 10.9. The van der Waals surface area contributed by atoms with Gasteiger partial charge >= 0.3 is 0 Å². The Morgan fingerprint density at radius 1 is 0.944 bits per heavy atom. The standard InChI is InChI=1S/C26H25Cl2N3O4S/c1-36(34,35)31(23-10-6-8-21(27)24(23)28)17-18-11-13-19(14-12-18)25(32)29-22-9-3-2-7-20(22)26(33)30-15-4-5-16-30/h2-3,6-14H,4-5,15-17H2,1H3,(H,29,32). The van der Waals surface area contributed by atoms with E-state index in [0.717, 1.165) is 23.4 Å². The minimum absolute atomic E-state index is 0.00790. The van der Waals surface area contributed by atoms with Gasteiger partial charge in [-0.25, -0.2) is 8.42 Å². The van der Waals surface area contributed by atoms with E-state index in [-0.39, 0.29) is 34.1 Å². The zero-order chi connectivity index (χ0) is 25.9.